The summed E-state index contributed by atoms with van der Waals surface area (Å²) in [6.45, 7) is 3.15. The molecular formula is C15H30N2O2S. The molecule has 0 saturated heterocycles. The van der Waals surface area contributed by atoms with Gasteiger partial charge in [-0.3, -0.25) is 0 Å². The average Bonchev–Trinajstić information content (AvgIpc) is 3.22. The van der Waals surface area contributed by atoms with Crippen molar-refractivity contribution >= 4 is 10.0 Å². The quantitative estimate of drug-likeness (QED) is 0.700. The van der Waals surface area contributed by atoms with Gasteiger partial charge in [0, 0.05) is 19.1 Å². The van der Waals surface area contributed by atoms with Crippen LogP contribution in [-0.2, 0) is 10.0 Å². The molecule has 5 heteroatoms. The first-order valence-electron chi connectivity index (χ1n) is 8.20. The molecule has 2 aliphatic rings. The minimum atomic E-state index is -3.07. The molecule has 0 aromatic heterocycles. The van der Waals surface area contributed by atoms with Gasteiger partial charge in [-0.25, -0.2) is 12.7 Å². The molecule has 2 saturated carbocycles. The second kappa shape index (κ2) is 7.23. The number of unbranched alkanes of at least 4 members (excludes halogenated alkanes) is 1. The largest absolute Gasteiger partial charge is 0.314 e. The lowest BCUT2D eigenvalue weighted by atomic mass is 9.86. The molecule has 2 fully saturated rings. The first-order valence-corrected chi connectivity index (χ1v) is 9.81. The molecule has 2 rings (SSSR count). The van der Waals surface area contributed by atoms with Crippen molar-refractivity contribution in [3.8, 4) is 0 Å². The van der Waals surface area contributed by atoms with E-state index in [-0.39, 0.29) is 6.04 Å². The van der Waals surface area contributed by atoms with Crippen LogP contribution < -0.4 is 5.32 Å². The van der Waals surface area contributed by atoms with Gasteiger partial charge in [0.1, 0.15) is 0 Å². The Balaban J connectivity index is 1.72. The summed E-state index contributed by atoms with van der Waals surface area (Å²) in [4.78, 5) is 0. The van der Waals surface area contributed by atoms with Gasteiger partial charge in [-0.1, -0.05) is 19.8 Å². The molecule has 2 aliphatic carbocycles. The Bertz CT molecular complexity index is 393. The number of rotatable bonds is 8. The zero-order valence-electron chi connectivity index (χ0n) is 13.0. The van der Waals surface area contributed by atoms with Gasteiger partial charge in [-0.15, -0.1) is 0 Å². The summed E-state index contributed by atoms with van der Waals surface area (Å²) in [5.74, 6) is 0.805. The third-order valence-corrected chi connectivity index (χ3v) is 6.76. The van der Waals surface area contributed by atoms with E-state index in [4.69, 9.17) is 0 Å². The van der Waals surface area contributed by atoms with Gasteiger partial charge in [0.05, 0.1) is 5.75 Å². The lowest BCUT2D eigenvalue weighted by molar-refractivity contribution is 0.213. The monoisotopic (exact) mass is 302 g/mol. The first-order chi connectivity index (χ1) is 9.50. The summed E-state index contributed by atoms with van der Waals surface area (Å²) in [7, 11) is -1.29. The van der Waals surface area contributed by atoms with Crippen molar-refractivity contribution in [1.82, 2.24) is 9.62 Å². The van der Waals surface area contributed by atoms with E-state index in [1.807, 2.05) is 0 Å². The van der Waals surface area contributed by atoms with Crippen LogP contribution in [0.3, 0.4) is 0 Å². The van der Waals surface area contributed by atoms with E-state index < -0.39 is 10.0 Å². The molecule has 2 atom stereocenters. The highest BCUT2D eigenvalue weighted by Crippen LogP contribution is 2.29. The lowest BCUT2D eigenvalue weighted by Crippen LogP contribution is -2.43. The number of hydrogen-bond donors (Lipinski definition) is 1. The third kappa shape index (κ3) is 4.71. The van der Waals surface area contributed by atoms with E-state index in [0.29, 0.717) is 11.7 Å². The van der Waals surface area contributed by atoms with Crippen LogP contribution in [0.2, 0.25) is 0 Å². The Morgan fingerprint density at radius 3 is 2.45 bits per heavy atom. The van der Waals surface area contributed by atoms with Crippen LogP contribution in [0.4, 0.5) is 0 Å². The van der Waals surface area contributed by atoms with Crippen LogP contribution in [-0.4, -0.2) is 44.2 Å². The highest BCUT2D eigenvalue weighted by molar-refractivity contribution is 7.89. The molecule has 0 spiro atoms. The first kappa shape index (κ1) is 16.2. The fourth-order valence-electron chi connectivity index (χ4n) is 3.19. The van der Waals surface area contributed by atoms with Crippen LogP contribution >= 0.6 is 0 Å². The molecule has 0 radical (unpaired) electrons. The Kier molecular flexibility index (Phi) is 5.87. The Hall–Kier alpha value is -0.130. The lowest BCUT2D eigenvalue weighted by Gasteiger charge is -2.35. The average molecular weight is 302 g/mol. The maximum absolute atomic E-state index is 12.4. The van der Waals surface area contributed by atoms with E-state index in [1.165, 1.54) is 25.7 Å². The van der Waals surface area contributed by atoms with Gasteiger partial charge in [0.2, 0.25) is 10.0 Å². The summed E-state index contributed by atoms with van der Waals surface area (Å²) >= 11 is 0. The van der Waals surface area contributed by atoms with Crippen molar-refractivity contribution in [2.24, 2.45) is 5.92 Å². The molecule has 118 valence electrons. The van der Waals surface area contributed by atoms with Crippen molar-refractivity contribution in [3.05, 3.63) is 0 Å². The zero-order chi connectivity index (χ0) is 14.6. The van der Waals surface area contributed by atoms with E-state index in [1.54, 1.807) is 11.4 Å². The van der Waals surface area contributed by atoms with E-state index in [9.17, 15) is 8.42 Å². The zero-order valence-corrected chi connectivity index (χ0v) is 13.8. The molecule has 1 N–H and O–H groups in total. The molecule has 0 amide bonds. The van der Waals surface area contributed by atoms with Gasteiger partial charge in [-0.2, -0.15) is 0 Å². The second-order valence-corrected chi connectivity index (χ2v) is 8.74. The molecule has 0 aromatic carbocycles. The van der Waals surface area contributed by atoms with Gasteiger partial charge in [0.25, 0.3) is 0 Å². The highest BCUT2D eigenvalue weighted by atomic mass is 32.2. The maximum Gasteiger partial charge on any atom is 0.214 e. The highest BCUT2D eigenvalue weighted by Gasteiger charge is 2.31. The van der Waals surface area contributed by atoms with Crippen LogP contribution in [0.25, 0.3) is 0 Å². The van der Waals surface area contributed by atoms with Crippen LogP contribution in [0.1, 0.15) is 58.3 Å². The summed E-state index contributed by atoms with van der Waals surface area (Å²) in [5, 5.41) is 3.43. The van der Waals surface area contributed by atoms with Gasteiger partial charge in [0.15, 0.2) is 0 Å². The smallest absolute Gasteiger partial charge is 0.214 e. The number of nitrogens with zero attached hydrogens (tertiary/aromatic N) is 1. The van der Waals surface area contributed by atoms with Gasteiger partial charge >= 0.3 is 0 Å². The van der Waals surface area contributed by atoms with Crippen molar-refractivity contribution in [2.75, 3.05) is 19.3 Å². The molecule has 20 heavy (non-hydrogen) atoms. The van der Waals surface area contributed by atoms with Crippen molar-refractivity contribution in [1.29, 1.82) is 0 Å². The molecule has 0 bridgehead atoms. The van der Waals surface area contributed by atoms with E-state index in [0.717, 1.165) is 38.3 Å². The SMILES string of the molecule is CC1CCCCC1N(C)S(=O)(=O)CCCCNC1CC1. The second-order valence-electron chi connectivity index (χ2n) is 6.60. The standard InChI is InChI=1S/C15H30N2O2S/c1-13-7-3-4-8-15(13)17(2)20(18,19)12-6-5-11-16-14-9-10-14/h13-16H,3-12H2,1-2H3. The topological polar surface area (TPSA) is 49.4 Å². The van der Waals surface area contributed by atoms with Crippen molar-refractivity contribution in [2.45, 2.75) is 70.4 Å². The van der Waals surface area contributed by atoms with E-state index >= 15 is 0 Å². The fraction of sp³-hybridized carbons (Fsp3) is 1.00. The summed E-state index contributed by atoms with van der Waals surface area (Å²) in [5.41, 5.74) is 0. The van der Waals surface area contributed by atoms with Crippen LogP contribution in [0.15, 0.2) is 0 Å². The molecular weight excluding hydrogens is 272 g/mol. The fourth-order valence-corrected chi connectivity index (χ4v) is 4.77. The van der Waals surface area contributed by atoms with Gasteiger partial charge in [-0.05, 0) is 51.0 Å². The van der Waals surface area contributed by atoms with Gasteiger partial charge < -0.3 is 5.32 Å². The summed E-state index contributed by atoms with van der Waals surface area (Å²) < 4.78 is 26.5. The Morgan fingerprint density at radius 2 is 1.80 bits per heavy atom. The predicted octanol–water partition coefficient (Wildman–Crippen LogP) is 2.36. The molecule has 0 aliphatic heterocycles. The Labute approximate surface area is 124 Å². The minimum Gasteiger partial charge on any atom is -0.314 e. The molecule has 2 unspecified atom stereocenters. The number of hydrogen-bond acceptors (Lipinski definition) is 3. The van der Waals surface area contributed by atoms with Crippen LogP contribution in [0.5, 0.6) is 0 Å². The number of sulfonamides is 1. The predicted molar refractivity (Wildman–Crippen MR) is 83.2 cm³/mol. The van der Waals surface area contributed by atoms with Crippen LogP contribution in [0, 0.1) is 5.92 Å². The third-order valence-electron chi connectivity index (χ3n) is 4.81. The maximum atomic E-state index is 12.4. The normalized spacial score (nSPS) is 27.9. The summed E-state index contributed by atoms with van der Waals surface area (Å²) in [6.07, 6.45) is 8.92. The minimum absolute atomic E-state index is 0.221. The number of nitrogens with one attached hydrogen (secondary N) is 1. The van der Waals surface area contributed by atoms with E-state index in [2.05, 4.69) is 12.2 Å². The molecule has 0 aromatic rings. The summed E-state index contributed by atoms with van der Waals surface area (Å²) in [6, 6.07) is 0.940. The van der Waals surface area contributed by atoms with Crippen molar-refractivity contribution in [3.63, 3.8) is 0 Å². The Morgan fingerprint density at radius 1 is 1.10 bits per heavy atom. The van der Waals surface area contributed by atoms with Crippen molar-refractivity contribution < 1.29 is 8.42 Å². The molecule has 0 heterocycles. The molecule has 4 nitrogen and oxygen atoms in total.